The van der Waals surface area contributed by atoms with E-state index in [1.807, 2.05) is 30.2 Å². The lowest BCUT2D eigenvalue weighted by Crippen LogP contribution is -2.28. The largest absolute Gasteiger partial charge is 0.333 e. The van der Waals surface area contributed by atoms with Crippen molar-refractivity contribution in [3.05, 3.63) is 28.7 Å². The first-order valence-electron chi connectivity index (χ1n) is 5.46. The summed E-state index contributed by atoms with van der Waals surface area (Å²) in [5, 5.41) is 3.05. The van der Waals surface area contributed by atoms with E-state index in [1.54, 1.807) is 11.3 Å². The summed E-state index contributed by atoms with van der Waals surface area (Å²) in [6.07, 6.45) is 2.47. The molecule has 86 valence electrons. The summed E-state index contributed by atoms with van der Waals surface area (Å²) in [4.78, 5) is 18.2. The highest BCUT2D eigenvalue weighted by Gasteiger charge is 2.32. The molecule has 2 unspecified atom stereocenters. The van der Waals surface area contributed by atoms with Gasteiger partial charge in [0, 0.05) is 30.0 Å². The number of thiazole rings is 1. The predicted molar refractivity (Wildman–Crippen MR) is 65.3 cm³/mol. The molecule has 1 aromatic heterocycles. The molecule has 2 rings (SSSR count). The van der Waals surface area contributed by atoms with Crippen molar-refractivity contribution in [2.75, 3.05) is 6.54 Å². The van der Waals surface area contributed by atoms with Gasteiger partial charge in [-0.3, -0.25) is 4.79 Å². The van der Waals surface area contributed by atoms with Crippen molar-refractivity contribution in [3.63, 3.8) is 0 Å². The maximum absolute atomic E-state index is 11.8. The number of hydrogen-bond acceptors (Lipinski definition) is 3. The van der Waals surface area contributed by atoms with Crippen molar-refractivity contribution in [3.8, 4) is 0 Å². The number of nitrogens with zero attached hydrogens (tertiary/aromatic N) is 2. The SMILES string of the molecule is C=CC1CC(=O)N(C(C)c2nc(C)cs2)C1. The van der Waals surface area contributed by atoms with Gasteiger partial charge in [0.1, 0.15) is 5.01 Å². The number of rotatable bonds is 3. The molecule has 1 saturated heterocycles. The standard InChI is InChI=1S/C12H16N2OS/c1-4-10-5-11(15)14(6-10)9(3)12-13-8(2)7-16-12/h4,7,9-10H,1,5-6H2,2-3H3. The Hall–Kier alpha value is -1.16. The average Bonchev–Trinajstić information content (AvgIpc) is 2.83. The number of likely N-dealkylation sites (tertiary alicyclic amines) is 1. The highest BCUT2D eigenvalue weighted by molar-refractivity contribution is 7.09. The van der Waals surface area contributed by atoms with Crippen molar-refractivity contribution in [1.82, 2.24) is 9.88 Å². The second kappa shape index (κ2) is 4.37. The highest BCUT2D eigenvalue weighted by atomic mass is 32.1. The van der Waals surface area contributed by atoms with Crippen LogP contribution in [0.25, 0.3) is 0 Å². The molecule has 1 aliphatic heterocycles. The van der Waals surface area contributed by atoms with Crippen LogP contribution in [0.15, 0.2) is 18.0 Å². The summed E-state index contributed by atoms with van der Waals surface area (Å²) in [6.45, 7) is 8.56. The van der Waals surface area contributed by atoms with Crippen LogP contribution in [-0.2, 0) is 4.79 Å². The quantitative estimate of drug-likeness (QED) is 0.756. The number of carbonyl (C=O) groups is 1. The number of aryl methyl sites for hydroxylation is 1. The van der Waals surface area contributed by atoms with Gasteiger partial charge in [-0.25, -0.2) is 4.98 Å². The molecule has 16 heavy (non-hydrogen) atoms. The lowest BCUT2D eigenvalue weighted by Gasteiger charge is -2.22. The smallest absolute Gasteiger partial charge is 0.223 e. The van der Waals surface area contributed by atoms with Gasteiger partial charge in [0.05, 0.1) is 6.04 Å². The molecular formula is C12H16N2OS. The van der Waals surface area contributed by atoms with E-state index < -0.39 is 0 Å². The topological polar surface area (TPSA) is 33.2 Å². The molecule has 3 nitrogen and oxygen atoms in total. The van der Waals surface area contributed by atoms with Crippen LogP contribution in [0.1, 0.15) is 30.1 Å². The van der Waals surface area contributed by atoms with E-state index in [-0.39, 0.29) is 11.9 Å². The Morgan fingerprint density at radius 3 is 3.00 bits per heavy atom. The lowest BCUT2D eigenvalue weighted by molar-refractivity contribution is -0.129. The van der Waals surface area contributed by atoms with Gasteiger partial charge in [0.2, 0.25) is 5.91 Å². The fourth-order valence-electron chi connectivity index (χ4n) is 1.99. The summed E-state index contributed by atoms with van der Waals surface area (Å²) in [5.74, 6) is 0.515. The van der Waals surface area contributed by atoms with Crippen molar-refractivity contribution in [2.45, 2.75) is 26.3 Å². The van der Waals surface area contributed by atoms with Crippen LogP contribution in [-0.4, -0.2) is 22.3 Å². The molecule has 0 aromatic carbocycles. The molecule has 0 radical (unpaired) electrons. The molecule has 1 aromatic rings. The van der Waals surface area contributed by atoms with E-state index in [2.05, 4.69) is 11.6 Å². The minimum absolute atomic E-state index is 0.0937. The average molecular weight is 236 g/mol. The summed E-state index contributed by atoms with van der Waals surface area (Å²) >= 11 is 1.62. The normalized spacial score (nSPS) is 22.5. The van der Waals surface area contributed by atoms with Gasteiger partial charge in [-0.2, -0.15) is 0 Å². The number of aromatic nitrogens is 1. The van der Waals surface area contributed by atoms with Crippen LogP contribution in [0.5, 0.6) is 0 Å². The van der Waals surface area contributed by atoms with Gasteiger partial charge in [-0.1, -0.05) is 6.08 Å². The van der Waals surface area contributed by atoms with E-state index in [0.717, 1.165) is 17.2 Å². The summed E-state index contributed by atoms with van der Waals surface area (Å²) in [7, 11) is 0. The van der Waals surface area contributed by atoms with E-state index in [1.165, 1.54) is 0 Å². The van der Waals surface area contributed by atoms with Crippen LogP contribution >= 0.6 is 11.3 Å². The Morgan fingerprint density at radius 2 is 2.50 bits per heavy atom. The Labute approximate surface area is 99.8 Å². The van der Waals surface area contributed by atoms with Gasteiger partial charge >= 0.3 is 0 Å². The molecule has 1 fully saturated rings. The lowest BCUT2D eigenvalue weighted by atomic mass is 10.1. The Morgan fingerprint density at radius 1 is 1.75 bits per heavy atom. The van der Waals surface area contributed by atoms with Crippen molar-refractivity contribution >= 4 is 17.2 Å². The monoisotopic (exact) mass is 236 g/mol. The Kier molecular flexibility index (Phi) is 3.10. The zero-order valence-corrected chi connectivity index (χ0v) is 10.5. The fraction of sp³-hybridized carbons (Fsp3) is 0.500. The third-order valence-corrected chi connectivity index (χ3v) is 4.12. The van der Waals surface area contributed by atoms with Crippen LogP contribution in [0, 0.1) is 12.8 Å². The van der Waals surface area contributed by atoms with Gasteiger partial charge in [0.15, 0.2) is 0 Å². The van der Waals surface area contributed by atoms with Crippen LogP contribution < -0.4 is 0 Å². The molecule has 4 heteroatoms. The summed E-state index contributed by atoms with van der Waals surface area (Å²) in [5.41, 5.74) is 1.03. The summed E-state index contributed by atoms with van der Waals surface area (Å²) in [6, 6.07) is 0.0937. The first kappa shape index (κ1) is 11.3. The molecule has 2 heterocycles. The zero-order chi connectivity index (χ0) is 11.7. The van der Waals surface area contributed by atoms with Crippen molar-refractivity contribution in [2.24, 2.45) is 5.92 Å². The molecule has 0 N–H and O–H groups in total. The molecule has 2 atom stereocenters. The van der Waals surface area contributed by atoms with Gasteiger partial charge in [-0.15, -0.1) is 17.9 Å². The molecule has 1 amide bonds. The Balaban J connectivity index is 2.13. The number of carbonyl (C=O) groups excluding carboxylic acids is 1. The second-order valence-corrected chi connectivity index (χ2v) is 5.14. The van der Waals surface area contributed by atoms with Crippen molar-refractivity contribution < 1.29 is 4.79 Å². The third-order valence-electron chi connectivity index (χ3n) is 2.98. The molecule has 0 saturated carbocycles. The number of amides is 1. The fourth-order valence-corrected chi connectivity index (χ4v) is 2.85. The zero-order valence-electron chi connectivity index (χ0n) is 9.64. The molecule has 1 aliphatic rings. The number of hydrogen-bond donors (Lipinski definition) is 0. The maximum atomic E-state index is 11.8. The maximum Gasteiger partial charge on any atom is 0.223 e. The minimum Gasteiger partial charge on any atom is -0.333 e. The van der Waals surface area contributed by atoms with E-state index in [9.17, 15) is 4.79 Å². The Bertz CT molecular complexity index is 413. The molecular weight excluding hydrogens is 220 g/mol. The van der Waals surface area contributed by atoms with Crippen molar-refractivity contribution in [1.29, 1.82) is 0 Å². The van der Waals surface area contributed by atoms with Gasteiger partial charge in [-0.05, 0) is 13.8 Å². The highest BCUT2D eigenvalue weighted by Crippen LogP contribution is 2.30. The summed E-state index contributed by atoms with van der Waals surface area (Å²) < 4.78 is 0. The van der Waals surface area contributed by atoms with Gasteiger partial charge < -0.3 is 4.90 Å². The van der Waals surface area contributed by atoms with Crippen LogP contribution in [0.2, 0.25) is 0 Å². The first-order chi connectivity index (χ1) is 7.61. The third kappa shape index (κ3) is 2.02. The van der Waals surface area contributed by atoms with E-state index in [0.29, 0.717) is 12.3 Å². The molecule has 0 aliphatic carbocycles. The molecule has 0 bridgehead atoms. The predicted octanol–water partition coefficient (Wildman–Crippen LogP) is 2.55. The van der Waals surface area contributed by atoms with E-state index >= 15 is 0 Å². The van der Waals surface area contributed by atoms with Crippen LogP contribution in [0.3, 0.4) is 0 Å². The van der Waals surface area contributed by atoms with E-state index in [4.69, 9.17) is 0 Å². The second-order valence-electron chi connectivity index (χ2n) is 4.25. The first-order valence-corrected chi connectivity index (χ1v) is 6.34. The van der Waals surface area contributed by atoms with Gasteiger partial charge in [0.25, 0.3) is 0 Å². The minimum atomic E-state index is 0.0937. The molecule has 0 spiro atoms. The van der Waals surface area contributed by atoms with Crippen LogP contribution in [0.4, 0.5) is 0 Å².